The first-order valence-corrected chi connectivity index (χ1v) is 14.6. The molecule has 5 rings (SSSR count). The lowest BCUT2D eigenvalue weighted by molar-refractivity contribution is -0.0591. The Morgan fingerprint density at radius 1 is 1.27 bits per heavy atom. The van der Waals surface area contributed by atoms with Crippen LogP contribution in [-0.2, 0) is 18.5 Å². The minimum atomic E-state index is -1.88. The minimum Gasteiger partial charge on any atom is -0.382 e. The largest absolute Gasteiger partial charge is 0.382 e. The minimum absolute atomic E-state index is 0.000558. The summed E-state index contributed by atoms with van der Waals surface area (Å²) in [5, 5.41) is 11.1. The number of halogens is 1. The van der Waals surface area contributed by atoms with Crippen molar-refractivity contribution in [2.75, 3.05) is 31.3 Å². The number of H-pyrrole nitrogens is 1. The van der Waals surface area contributed by atoms with Crippen molar-refractivity contribution in [3.63, 3.8) is 0 Å². The Morgan fingerprint density at radius 3 is 2.88 bits per heavy atom. The summed E-state index contributed by atoms with van der Waals surface area (Å²) < 4.78 is 40.8. The molecule has 19 heteroatoms. The summed E-state index contributed by atoms with van der Waals surface area (Å²) in [6, 6.07) is 0. The molecule has 4 aromatic rings. The average Bonchev–Trinajstić information content (AvgIpc) is 3.63. The van der Waals surface area contributed by atoms with Gasteiger partial charge >= 0.3 is 0 Å². The molecule has 1 aliphatic heterocycles. The van der Waals surface area contributed by atoms with E-state index in [9.17, 15) is 14.3 Å². The predicted molar refractivity (Wildman–Crippen MR) is 145 cm³/mol. The van der Waals surface area contributed by atoms with Gasteiger partial charge in [-0.05, 0) is 6.42 Å². The molecule has 1 saturated heterocycles. The van der Waals surface area contributed by atoms with Crippen molar-refractivity contribution in [2.45, 2.75) is 50.6 Å². The molecule has 0 spiro atoms. The van der Waals surface area contributed by atoms with Gasteiger partial charge in [0.2, 0.25) is 13.5 Å². The third-order valence-corrected chi connectivity index (χ3v) is 7.54. The van der Waals surface area contributed by atoms with Gasteiger partial charge in [0.15, 0.2) is 35.1 Å². The van der Waals surface area contributed by atoms with E-state index >= 15 is 0 Å². The van der Waals surface area contributed by atoms with Gasteiger partial charge in [-0.1, -0.05) is 19.2 Å². The van der Waals surface area contributed by atoms with Crippen molar-refractivity contribution in [3.8, 4) is 0 Å². The second kappa shape index (κ2) is 12.3. The Balaban J connectivity index is 1.23. The molecule has 0 aliphatic carbocycles. The first-order chi connectivity index (χ1) is 19.3. The van der Waals surface area contributed by atoms with Crippen molar-refractivity contribution in [1.29, 1.82) is 0 Å². The van der Waals surface area contributed by atoms with Crippen LogP contribution in [0.4, 0.5) is 16.2 Å². The molecule has 1 fully saturated rings. The SMILES string of the molecule is CCCOC[C@@H](OP(S)OC[C@@H]1C[C@H](F)[C@H](n2cnc3c(N)ncnc32)O1)[C@@H](O)n1cnc2c(=O)[nH]c(N)nc21. The van der Waals surface area contributed by atoms with Gasteiger partial charge in [0, 0.05) is 13.0 Å². The number of thiol groups is 1. The lowest BCUT2D eigenvalue weighted by Gasteiger charge is -2.26. The van der Waals surface area contributed by atoms with E-state index in [0.29, 0.717) is 17.8 Å². The molecule has 5 heterocycles. The number of aromatic nitrogens is 8. The first-order valence-electron chi connectivity index (χ1n) is 12.3. The number of aliphatic hydroxyl groups is 1. The standard InChI is InChI=1S/C21H28FN10O6PS/c1-2-3-35-6-12(19(34)31-8-28-14-17(31)29-21(24)30-18(14)33)38-39(40)36-5-10-4-11(22)20(37-10)32-9-27-13-15(23)25-7-26-16(13)32/h7-12,19-20,34,40H,2-6H2,1H3,(H2,23,25,26)(H3,24,29,30,33)/t10-,11-,12+,19+,20+,39?/m0/s1. The van der Waals surface area contributed by atoms with Crippen molar-refractivity contribution in [2.24, 2.45) is 0 Å². The van der Waals surface area contributed by atoms with Crippen LogP contribution < -0.4 is 17.0 Å². The molecule has 16 nitrogen and oxygen atoms in total. The summed E-state index contributed by atoms with van der Waals surface area (Å²) in [6.45, 7) is 2.30. The van der Waals surface area contributed by atoms with E-state index in [2.05, 4.69) is 42.2 Å². The molecule has 40 heavy (non-hydrogen) atoms. The number of imidazole rings is 2. The fourth-order valence-corrected chi connectivity index (χ4v) is 5.55. The molecular formula is C21H28FN10O6PS. The van der Waals surface area contributed by atoms with Crippen LogP contribution in [0.15, 0.2) is 23.8 Å². The van der Waals surface area contributed by atoms with Gasteiger partial charge in [0.1, 0.15) is 24.1 Å². The molecule has 6 N–H and O–H groups in total. The summed E-state index contributed by atoms with van der Waals surface area (Å²) in [4.78, 5) is 34.8. The summed E-state index contributed by atoms with van der Waals surface area (Å²) in [5.41, 5.74) is 11.7. The third kappa shape index (κ3) is 5.88. The van der Waals surface area contributed by atoms with Crippen LogP contribution in [0.25, 0.3) is 22.3 Å². The first kappa shape index (κ1) is 28.5. The van der Waals surface area contributed by atoms with Gasteiger partial charge in [0.25, 0.3) is 5.56 Å². The highest BCUT2D eigenvalue weighted by Gasteiger charge is 2.38. The molecule has 216 valence electrons. The number of nitrogen functional groups attached to an aromatic ring is 2. The summed E-state index contributed by atoms with van der Waals surface area (Å²) in [7, 11) is -1.88. The lowest BCUT2D eigenvalue weighted by Crippen LogP contribution is -2.30. The highest BCUT2D eigenvalue weighted by molar-refractivity contribution is 8.41. The number of alkyl halides is 1. The Labute approximate surface area is 232 Å². The number of anilines is 2. The van der Waals surface area contributed by atoms with Crippen molar-refractivity contribution in [3.05, 3.63) is 29.3 Å². The van der Waals surface area contributed by atoms with Crippen LogP contribution in [0.1, 0.15) is 32.2 Å². The number of ether oxygens (including phenoxy) is 2. The molecule has 0 radical (unpaired) electrons. The molecule has 1 aliphatic rings. The maximum atomic E-state index is 14.9. The van der Waals surface area contributed by atoms with Gasteiger partial charge in [-0.15, -0.1) is 0 Å². The number of hydrogen-bond donors (Lipinski definition) is 5. The number of hydrogen-bond acceptors (Lipinski definition) is 14. The zero-order valence-electron chi connectivity index (χ0n) is 21.2. The van der Waals surface area contributed by atoms with Crippen molar-refractivity contribution < 1.29 is 28.0 Å². The van der Waals surface area contributed by atoms with E-state index in [1.54, 1.807) is 0 Å². The topological polar surface area (TPSA) is 216 Å². The summed E-state index contributed by atoms with van der Waals surface area (Å²) in [5.74, 6) is 0.0517. The number of nitrogens with zero attached hydrogens (tertiary/aromatic N) is 7. The summed E-state index contributed by atoms with van der Waals surface area (Å²) in [6.07, 6.45) is -0.584. The fraction of sp³-hybridized carbons (Fsp3) is 0.524. The molecule has 1 unspecified atom stereocenters. The molecule has 0 bridgehead atoms. The van der Waals surface area contributed by atoms with Gasteiger partial charge in [0.05, 0.1) is 32.0 Å². The van der Waals surface area contributed by atoms with Crippen LogP contribution >= 0.6 is 19.8 Å². The van der Waals surface area contributed by atoms with Gasteiger partial charge in [-0.3, -0.25) is 18.9 Å². The van der Waals surface area contributed by atoms with Gasteiger partial charge in [-0.2, -0.15) is 4.98 Å². The molecule has 0 aromatic carbocycles. The monoisotopic (exact) mass is 598 g/mol. The van der Waals surface area contributed by atoms with E-state index in [1.807, 2.05) is 6.92 Å². The van der Waals surface area contributed by atoms with E-state index < -0.39 is 44.0 Å². The molecular weight excluding hydrogens is 570 g/mol. The highest BCUT2D eigenvalue weighted by atomic mass is 32.7. The van der Waals surface area contributed by atoms with Crippen LogP contribution in [0.3, 0.4) is 0 Å². The Hall–Kier alpha value is -2.99. The van der Waals surface area contributed by atoms with Crippen molar-refractivity contribution in [1.82, 2.24) is 39.0 Å². The zero-order valence-corrected chi connectivity index (χ0v) is 23.0. The molecule has 0 saturated carbocycles. The normalized spacial score (nSPS) is 21.8. The second-order valence-electron chi connectivity index (χ2n) is 8.92. The maximum absolute atomic E-state index is 14.9. The highest BCUT2D eigenvalue weighted by Crippen LogP contribution is 2.47. The lowest BCUT2D eigenvalue weighted by atomic mass is 10.2. The third-order valence-electron chi connectivity index (χ3n) is 6.09. The number of aromatic amines is 1. The fourth-order valence-electron chi connectivity index (χ4n) is 4.23. The average molecular weight is 599 g/mol. The Morgan fingerprint density at radius 2 is 2.08 bits per heavy atom. The number of aliphatic hydroxyl groups excluding tert-OH is 1. The zero-order chi connectivity index (χ0) is 28.4. The number of nitrogens with one attached hydrogen (secondary N) is 1. The number of rotatable bonds is 12. The van der Waals surface area contributed by atoms with E-state index in [0.717, 1.165) is 6.42 Å². The van der Waals surface area contributed by atoms with Crippen LogP contribution in [0.5, 0.6) is 0 Å². The van der Waals surface area contributed by atoms with Crippen molar-refractivity contribution >= 4 is 53.9 Å². The van der Waals surface area contributed by atoms with E-state index in [1.165, 1.54) is 28.1 Å². The van der Waals surface area contributed by atoms with E-state index in [4.69, 9.17) is 30.0 Å². The molecule has 4 aromatic heterocycles. The van der Waals surface area contributed by atoms with Gasteiger partial charge < -0.3 is 35.1 Å². The Kier molecular flexibility index (Phi) is 8.74. The van der Waals surface area contributed by atoms with Crippen LogP contribution in [-0.4, -0.2) is 82.3 Å². The molecule has 6 atom stereocenters. The smallest absolute Gasteiger partial charge is 0.280 e. The van der Waals surface area contributed by atoms with E-state index in [-0.39, 0.29) is 42.6 Å². The Bertz CT molecular complexity index is 1520. The number of nitrogens with two attached hydrogens (primary N) is 2. The quantitative estimate of drug-likeness (QED) is 0.0882. The predicted octanol–water partition coefficient (Wildman–Crippen LogP) is 1.23. The second-order valence-corrected chi connectivity index (χ2v) is 10.8. The summed E-state index contributed by atoms with van der Waals surface area (Å²) >= 11 is 4.39. The van der Waals surface area contributed by atoms with Gasteiger partial charge in [-0.25, -0.2) is 24.3 Å². The number of fused-ring (bicyclic) bond motifs is 2. The maximum Gasteiger partial charge on any atom is 0.280 e. The van der Waals surface area contributed by atoms with Crippen LogP contribution in [0.2, 0.25) is 0 Å². The molecule has 0 amide bonds. The van der Waals surface area contributed by atoms with Crippen LogP contribution in [0, 0.1) is 0 Å².